The zero-order valence-corrected chi connectivity index (χ0v) is 10.8. The van der Waals surface area contributed by atoms with Crippen molar-refractivity contribution in [2.24, 2.45) is 5.73 Å². The second-order valence-corrected chi connectivity index (χ2v) is 3.60. The van der Waals surface area contributed by atoms with Crippen LogP contribution in [-0.4, -0.2) is 11.6 Å². The van der Waals surface area contributed by atoms with E-state index in [1.165, 1.54) is 23.6 Å². The number of allylic oxidation sites excluding steroid dienone is 3. The second kappa shape index (κ2) is 6.06. The standard InChI is InChI=1S/C14H15N.CH5N/c1-4-13(5-2)15-11(3)10-12-8-6-7-9-14(12)15;1-2/h4-10H,1H2,2-3H3;2H2,1H3/b13-5+;. The predicted octanol–water partition coefficient (Wildman–Crippen LogP) is 3.57. The molecule has 0 unspecified atom stereocenters. The van der Waals surface area contributed by atoms with E-state index in [4.69, 9.17) is 0 Å². The lowest BCUT2D eigenvalue weighted by Crippen LogP contribution is -1.95. The maximum absolute atomic E-state index is 4.50. The molecule has 0 radical (unpaired) electrons. The molecule has 0 bridgehead atoms. The van der Waals surface area contributed by atoms with Gasteiger partial charge in [0.15, 0.2) is 0 Å². The molecule has 0 atom stereocenters. The van der Waals surface area contributed by atoms with E-state index < -0.39 is 0 Å². The van der Waals surface area contributed by atoms with Gasteiger partial charge in [-0.1, -0.05) is 30.9 Å². The van der Waals surface area contributed by atoms with Gasteiger partial charge in [0.2, 0.25) is 0 Å². The van der Waals surface area contributed by atoms with Crippen LogP contribution in [-0.2, 0) is 0 Å². The van der Waals surface area contributed by atoms with E-state index in [2.05, 4.69) is 60.2 Å². The highest BCUT2D eigenvalue weighted by atomic mass is 15.0. The fourth-order valence-electron chi connectivity index (χ4n) is 1.97. The van der Waals surface area contributed by atoms with Gasteiger partial charge in [-0.3, -0.25) is 0 Å². The Balaban J connectivity index is 0.000000686. The molecule has 0 saturated heterocycles. The Hall–Kier alpha value is -1.80. The van der Waals surface area contributed by atoms with Crippen molar-refractivity contribution >= 4 is 16.6 Å². The highest BCUT2D eigenvalue weighted by Crippen LogP contribution is 2.23. The smallest absolute Gasteiger partial charge is 0.0531 e. The normalized spacial score (nSPS) is 10.9. The number of nitrogens with zero attached hydrogens (tertiary/aromatic N) is 1. The summed E-state index contributed by atoms with van der Waals surface area (Å²) in [6.45, 7) is 8.00. The van der Waals surface area contributed by atoms with Gasteiger partial charge >= 0.3 is 0 Å². The van der Waals surface area contributed by atoms with Crippen LogP contribution in [0.4, 0.5) is 0 Å². The number of hydrogen-bond acceptors (Lipinski definition) is 1. The molecule has 1 aromatic heterocycles. The number of aryl methyl sites for hydroxylation is 1. The molecule has 2 heteroatoms. The number of hydrogen-bond donors (Lipinski definition) is 1. The molecular formula is C15H20N2. The van der Waals surface area contributed by atoms with Crippen LogP contribution < -0.4 is 5.73 Å². The van der Waals surface area contributed by atoms with E-state index in [0.717, 1.165) is 5.70 Å². The summed E-state index contributed by atoms with van der Waals surface area (Å²) in [6, 6.07) is 10.6. The zero-order valence-electron chi connectivity index (χ0n) is 10.8. The van der Waals surface area contributed by atoms with Gasteiger partial charge in [0.05, 0.1) is 5.52 Å². The lowest BCUT2D eigenvalue weighted by molar-refractivity contribution is 1.09. The van der Waals surface area contributed by atoms with Crippen molar-refractivity contribution in [1.29, 1.82) is 0 Å². The molecule has 1 heterocycles. The van der Waals surface area contributed by atoms with Crippen LogP contribution in [0.25, 0.3) is 16.6 Å². The minimum atomic E-state index is 1.13. The fraction of sp³-hybridized carbons (Fsp3) is 0.200. The van der Waals surface area contributed by atoms with Gasteiger partial charge in [-0.2, -0.15) is 0 Å². The molecule has 0 aliphatic carbocycles. The predicted molar refractivity (Wildman–Crippen MR) is 76.9 cm³/mol. The van der Waals surface area contributed by atoms with Gasteiger partial charge in [0.25, 0.3) is 0 Å². The molecule has 0 saturated carbocycles. The Morgan fingerprint density at radius 1 is 1.29 bits per heavy atom. The first-order chi connectivity index (χ1) is 8.27. The minimum Gasteiger partial charge on any atom is -0.333 e. The van der Waals surface area contributed by atoms with E-state index in [1.807, 2.05) is 13.0 Å². The van der Waals surface area contributed by atoms with E-state index in [-0.39, 0.29) is 0 Å². The summed E-state index contributed by atoms with van der Waals surface area (Å²) in [6.07, 6.45) is 3.96. The average molecular weight is 228 g/mol. The summed E-state index contributed by atoms with van der Waals surface area (Å²) in [5, 5.41) is 1.27. The van der Waals surface area contributed by atoms with Crippen LogP contribution in [0.1, 0.15) is 12.6 Å². The fourth-order valence-corrected chi connectivity index (χ4v) is 1.97. The molecule has 0 amide bonds. The molecule has 17 heavy (non-hydrogen) atoms. The topological polar surface area (TPSA) is 30.9 Å². The summed E-state index contributed by atoms with van der Waals surface area (Å²) in [5.74, 6) is 0. The molecule has 0 spiro atoms. The average Bonchev–Trinajstić information content (AvgIpc) is 2.71. The van der Waals surface area contributed by atoms with Crippen LogP contribution in [0, 0.1) is 6.92 Å². The number of benzene rings is 1. The highest BCUT2D eigenvalue weighted by molar-refractivity contribution is 5.85. The van der Waals surface area contributed by atoms with E-state index in [0.29, 0.717) is 0 Å². The van der Waals surface area contributed by atoms with Gasteiger partial charge in [-0.05, 0) is 39.1 Å². The number of nitrogens with two attached hydrogens (primary N) is 1. The summed E-state index contributed by atoms with van der Waals surface area (Å²) in [4.78, 5) is 0. The van der Waals surface area contributed by atoms with Crippen LogP contribution in [0.5, 0.6) is 0 Å². The first-order valence-corrected chi connectivity index (χ1v) is 5.72. The van der Waals surface area contributed by atoms with Crippen molar-refractivity contribution < 1.29 is 0 Å². The lowest BCUT2D eigenvalue weighted by Gasteiger charge is -2.08. The third kappa shape index (κ3) is 2.48. The molecule has 0 fully saturated rings. The SMILES string of the molecule is C=C/C(=C\C)n1c(C)cc2ccccc21.CN. The van der Waals surface area contributed by atoms with E-state index >= 15 is 0 Å². The Morgan fingerprint density at radius 3 is 2.53 bits per heavy atom. The van der Waals surface area contributed by atoms with Crippen LogP contribution in [0.15, 0.2) is 49.1 Å². The van der Waals surface area contributed by atoms with Gasteiger partial charge < -0.3 is 10.3 Å². The molecular weight excluding hydrogens is 208 g/mol. The monoisotopic (exact) mass is 228 g/mol. The molecule has 0 aliphatic heterocycles. The Bertz CT molecular complexity index is 533. The van der Waals surface area contributed by atoms with Crippen molar-refractivity contribution in [2.75, 3.05) is 7.05 Å². The number of para-hydroxylation sites is 1. The molecule has 90 valence electrons. The Morgan fingerprint density at radius 2 is 1.94 bits per heavy atom. The second-order valence-electron chi connectivity index (χ2n) is 3.60. The first-order valence-electron chi connectivity index (χ1n) is 5.72. The molecule has 2 rings (SSSR count). The minimum absolute atomic E-state index is 1.13. The zero-order chi connectivity index (χ0) is 12.8. The van der Waals surface area contributed by atoms with E-state index in [9.17, 15) is 0 Å². The highest BCUT2D eigenvalue weighted by Gasteiger charge is 2.05. The van der Waals surface area contributed by atoms with Crippen molar-refractivity contribution in [3.8, 4) is 0 Å². The maximum Gasteiger partial charge on any atom is 0.0531 e. The molecule has 2 aromatic rings. The third-order valence-electron chi connectivity index (χ3n) is 2.66. The Labute approximate surface area is 103 Å². The van der Waals surface area contributed by atoms with Gasteiger partial charge in [-0.25, -0.2) is 0 Å². The summed E-state index contributed by atoms with van der Waals surface area (Å²) >= 11 is 0. The van der Waals surface area contributed by atoms with Crippen LogP contribution >= 0.6 is 0 Å². The van der Waals surface area contributed by atoms with Crippen molar-refractivity contribution in [3.63, 3.8) is 0 Å². The van der Waals surface area contributed by atoms with Gasteiger partial charge in [0.1, 0.15) is 0 Å². The third-order valence-corrected chi connectivity index (χ3v) is 2.66. The first kappa shape index (κ1) is 13.3. The number of aromatic nitrogens is 1. The quantitative estimate of drug-likeness (QED) is 0.783. The number of rotatable bonds is 2. The van der Waals surface area contributed by atoms with E-state index in [1.54, 1.807) is 0 Å². The Kier molecular flexibility index (Phi) is 4.73. The lowest BCUT2D eigenvalue weighted by atomic mass is 10.2. The van der Waals surface area contributed by atoms with Crippen LogP contribution in [0.2, 0.25) is 0 Å². The summed E-state index contributed by atoms with van der Waals surface area (Å²) < 4.78 is 2.22. The molecule has 2 N–H and O–H groups in total. The summed E-state index contributed by atoms with van der Waals surface area (Å²) in [7, 11) is 1.50. The molecule has 2 nitrogen and oxygen atoms in total. The van der Waals surface area contributed by atoms with Crippen LogP contribution in [0.3, 0.4) is 0 Å². The van der Waals surface area contributed by atoms with Gasteiger partial charge in [0, 0.05) is 16.8 Å². The van der Waals surface area contributed by atoms with Crippen molar-refractivity contribution in [3.05, 3.63) is 54.8 Å². The molecule has 0 aliphatic rings. The molecule has 1 aromatic carbocycles. The largest absolute Gasteiger partial charge is 0.333 e. The summed E-state index contributed by atoms with van der Waals surface area (Å²) in [5.41, 5.74) is 8.11. The van der Waals surface area contributed by atoms with Crippen molar-refractivity contribution in [2.45, 2.75) is 13.8 Å². The number of fused-ring (bicyclic) bond motifs is 1. The van der Waals surface area contributed by atoms with Crippen molar-refractivity contribution in [1.82, 2.24) is 4.57 Å². The van der Waals surface area contributed by atoms with Gasteiger partial charge in [-0.15, -0.1) is 0 Å². The maximum atomic E-state index is 4.50.